The van der Waals surface area contributed by atoms with E-state index >= 15 is 0 Å². The molecule has 306 valence electrons. The van der Waals surface area contributed by atoms with E-state index in [9.17, 15) is 14.7 Å². The van der Waals surface area contributed by atoms with Gasteiger partial charge in [-0.2, -0.15) is 0 Å². The minimum atomic E-state index is -0.815. The number of hydrogen-bond donors (Lipinski definition) is 7. The highest BCUT2D eigenvalue weighted by Crippen LogP contribution is 2.41. The summed E-state index contributed by atoms with van der Waals surface area (Å²) < 4.78 is 11.0. The number of carbonyl (C=O) groups is 2. The van der Waals surface area contributed by atoms with Gasteiger partial charge in [0.2, 0.25) is 17.6 Å². The first-order chi connectivity index (χ1) is 25.7. The molecule has 4 atom stereocenters. The number of nitrogens with zero attached hydrogens (tertiary/aromatic N) is 2. The monoisotopic (exact) mass is 759 g/mol. The average Bonchev–Trinajstić information content (AvgIpc) is 3.44. The van der Waals surface area contributed by atoms with Crippen LogP contribution in [0.3, 0.4) is 0 Å². The SMILES string of the molecule is C=C(/C=C\C(=NC)OCCO)C(=O)NC.C=C1NCC([NH+]=C(N)CC)C2(C)C(O)C(NC(=O)c3cccc4c3OCCC4(C)C)CN12.CC.CC.CCC. The maximum Gasteiger partial charge on any atom is 0.255 e. The molecule has 54 heavy (non-hydrogen) atoms. The number of amidine groups is 1. The smallest absolute Gasteiger partial charge is 0.255 e. The average molecular weight is 759 g/mol. The van der Waals surface area contributed by atoms with Gasteiger partial charge < -0.3 is 40.5 Å². The van der Waals surface area contributed by atoms with E-state index in [1.54, 1.807) is 13.1 Å². The van der Waals surface area contributed by atoms with Crippen LogP contribution in [0.5, 0.6) is 5.75 Å². The predicted octanol–water partition coefficient (Wildman–Crippen LogP) is 2.92. The Kier molecular flexibility index (Phi) is 22.9. The van der Waals surface area contributed by atoms with Crippen LogP contribution >= 0.6 is 0 Å². The lowest BCUT2D eigenvalue weighted by atomic mass is 9.79. The van der Waals surface area contributed by atoms with E-state index in [0.29, 0.717) is 54.7 Å². The van der Waals surface area contributed by atoms with Crippen molar-refractivity contribution in [3.05, 3.63) is 66.0 Å². The molecule has 3 aliphatic heterocycles. The molecule has 2 fully saturated rings. The Morgan fingerprint density at radius 3 is 2.37 bits per heavy atom. The first-order valence-corrected chi connectivity index (χ1v) is 19.3. The fourth-order valence-electron chi connectivity index (χ4n) is 5.96. The molecule has 4 unspecified atom stereocenters. The molecule has 1 aromatic carbocycles. The normalized spacial score (nSPS) is 22.3. The molecule has 0 aliphatic carbocycles. The van der Waals surface area contributed by atoms with Gasteiger partial charge >= 0.3 is 0 Å². The number of aliphatic imine (C=N–C) groups is 1. The predicted molar refractivity (Wildman–Crippen MR) is 221 cm³/mol. The Labute approximate surface area is 325 Å². The molecule has 2 saturated heterocycles. The second-order valence-corrected chi connectivity index (χ2v) is 13.2. The molecule has 1 aromatic rings. The first-order valence-electron chi connectivity index (χ1n) is 19.3. The Morgan fingerprint density at radius 2 is 1.81 bits per heavy atom. The van der Waals surface area contributed by atoms with Crippen molar-refractivity contribution in [2.24, 2.45) is 10.7 Å². The molecule has 8 N–H and O–H groups in total. The highest BCUT2D eigenvalue weighted by Gasteiger charge is 2.58. The van der Waals surface area contributed by atoms with E-state index < -0.39 is 17.7 Å². The lowest BCUT2D eigenvalue weighted by Crippen LogP contribution is -2.92. The number of fused-ring (bicyclic) bond motifs is 2. The molecule has 2 amide bonds. The number of benzene rings is 1. The number of amides is 2. The molecule has 0 aromatic heterocycles. The summed E-state index contributed by atoms with van der Waals surface area (Å²) in [6.45, 7) is 29.9. The molecular formula is C41H72N7O6+. The number of aliphatic hydroxyl groups excluding tert-OH is 2. The molecule has 3 heterocycles. The van der Waals surface area contributed by atoms with Gasteiger partial charge in [0.15, 0.2) is 0 Å². The Bertz CT molecular complexity index is 1440. The molecule has 0 saturated carbocycles. The maximum absolute atomic E-state index is 13.3. The van der Waals surface area contributed by atoms with Crippen molar-refractivity contribution in [2.45, 2.75) is 118 Å². The van der Waals surface area contributed by atoms with E-state index in [0.717, 1.165) is 17.8 Å². The summed E-state index contributed by atoms with van der Waals surface area (Å²) in [5.41, 5.74) is 7.21. The van der Waals surface area contributed by atoms with Crippen molar-refractivity contribution < 1.29 is 34.3 Å². The largest absolute Gasteiger partial charge is 0.492 e. The van der Waals surface area contributed by atoms with Crippen molar-refractivity contribution >= 4 is 23.5 Å². The molecule has 3 aliphatic rings. The van der Waals surface area contributed by atoms with Gasteiger partial charge in [-0.1, -0.05) is 94.0 Å². The number of nitrogens with two attached hydrogens (primary N) is 1. The summed E-state index contributed by atoms with van der Waals surface area (Å²) in [5, 5.41) is 28.7. The molecule has 13 nitrogen and oxygen atoms in total. The van der Waals surface area contributed by atoms with Gasteiger partial charge in [0.05, 0.1) is 37.2 Å². The minimum Gasteiger partial charge on any atom is -0.492 e. The lowest BCUT2D eigenvalue weighted by Gasteiger charge is -2.46. The molecule has 0 spiro atoms. The number of likely N-dealkylation sites (N-methyl/N-ethyl adjacent to an activating group) is 1. The van der Waals surface area contributed by atoms with E-state index in [-0.39, 0.29) is 36.5 Å². The highest BCUT2D eigenvalue weighted by molar-refractivity contribution is 5.98. The van der Waals surface area contributed by atoms with Gasteiger partial charge in [-0.05, 0) is 30.9 Å². The zero-order valence-electron chi connectivity index (χ0n) is 35.2. The lowest BCUT2D eigenvalue weighted by molar-refractivity contribution is -0.525. The zero-order chi connectivity index (χ0) is 41.6. The highest BCUT2D eigenvalue weighted by atomic mass is 16.5. The van der Waals surface area contributed by atoms with Crippen LogP contribution in [0.25, 0.3) is 0 Å². The van der Waals surface area contributed by atoms with Crippen molar-refractivity contribution in [2.75, 3.05) is 47.0 Å². The molecule has 0 bridgehead atoms. The van der Waals surface area contributed by atoms with Crippen LogP contribution in [0.15, 0.2) is 59.9 Å². The van der Waals surface area contributed by atoms with E-state index in [2.05, 4.69) is 66.8 Å². The van der Waals surface area contributed by atoms with Crippen LogP contribution in [-0.2, 0) is 14.9 Å². The van der Waals surface area contributed by atoms with Crippen LogP contribution in [0.2, 0.25) is 0 Å². The van der Waals surface area contributed by atoms with Gasteiger partial charge in [-0.25, -0.2) is 0 Å². The number of rotatable bonds is 9. The van der Waals surface area contributed by atoms with Crippen LogP contribution < -0.4 is 31.4 Å². The third-order valence-corrected chi connectivity index (χ3v) is 9.01. The second kappa shape index (κ2) is 24.9. The van der Waals surface area contributed by atoms with Gasteiger partial charge in [0, 0.05) is 44.3 Å². The van der Waals surface area contributed by atoms with Crippen molar-refractivity contribution in [1.29, 1.82) is 0 Å². The summed E-state index contributed by atoms with van der Waals surface area (Å²) in [6.07, 6.45) is 5.05. The van der Waals surface area contributed by atoms with Gasteiger partial charge in [-0.3, -0.25) is 25.3 Å². The van der Waals surface area contributed by atoms with Gasteiger partial charge in [-0.15, -0.1) is 0 Å². The summed E-state index contributed by atoms with van der Waals surface area (Å²) in [7, 11) is 3.08. The summed E-state index contributed by atoms with van der Waals surface area (Å²) in [4.78, 5) is 33.6. The van der Waals surface area contributed by atoms with Crippen LogP contribution in [0.4, 0.5) is 0 Å². The van der Waals surface area contributed by atoms with Crippen LogP contribution in [0, 0.1) is 0 Å². The molecular weight excluding hydrogens is 686 g/mol. The summed E-state index contributed by atoms with van der Waals surface area (Å²) in [6, 6.07) is 5.10. The quantitative estimate of drug-likeness (QED) is 0.0862. The van der Waals surface area contributed by atoms with E-state index in [1.807, 2.05) is 58.6 Å². The second-order valence-electron chi connectivity index (χ2n) is 13.2. The number of ether oxygens (including phenoxy) is 2. The van der Waals surface area contributed by atoms with Crippen LogP contribution in [-0.4, -0.2) is 109 Å². The van der Waals surface area contributed by atoms with Crippen LogP contribution in [0.1, 0.15) is 104 Å². The maximum atomic E-state index is 13.3. The van der Waals surface area contributed by atoms with Gasteiger partial charge in [0.1, 0.15) is 30.0 Å². The number of carbonyl (C=O) groups excluding carboxylic acids is 2. The van der Waals surface area contributed by atoms with Gasteiger partial charge in [0.25, 0.3) is 5.91 Å². The Balaban J connectivity index is 0.00000107. The molecule has 0 radical (unpaired) electrons. The number of hydrogen-bond acceptors (Lipinski definition) is 9. The van der Waals surface area contributed by atoms with Crippen molar-refractivity contribution in [1.82, 2.24) is 20.9 Å². The van der Waals surface area contributed by atoms with Crippen molar-refractivity contribution in [3.8, 4) is 5.75 Å². The number of para-hydroxylation sites is 1. The first kappa shape index (κ1) is 49.6. The standard InChI is InChI=1S/C24H35N5O3.C10H16N2O3.C3H8.2C2H6/c1-6-19(25)28-18-12-26-14(2)29-13-17(21(30)24(18,29)5)27-22(31)15-8-7-9-16-20(15)32-11-10-23(16,3)4;1-8(10(14)12-3)4-5-9(11-2)15-7-6-13;1-3-2;2*1-2/h7-9,17-18,21,26,30H,2,6,10-13H2,1,3-5H3,(H2,25,28)(H,27,31);4-5,13H,1,6-7H2,2-3H3,(H,12,14);3H2,1-2H3;2*1-2H3/p+1/b;5-4-,11-9?;;;. The fourth-order valence-corrected chi connectivity index (χ4v) is 5.96. The Morgan fingerprint density at radius 1 is 1.19 bits per heavy atom. The Hall–Kier alpha value is -4.36. The summed E-state index contributed by atoms with van der Waals surface area (Å²) >= 11 is 0. The summed E-state index contributed by atoms with van der Waals surface area (Å²) in [5.74, 6) is 1.89. The van der Waals surface area contributed by atoms with E-state index in [1.165, 1.54) is 25.6 Å². The van der Waals surface area contributed by atoms with E-state index in [4.69, 9.17) is 20.3 Å². The third kappa shape index (κ3) is 13.2. The van der Waals surface area contributed by atoms with Crippen molar-refractivity contribution in [3.63, 3.8) is 0 Å². The zero-order valence-corrected chi connectivity index (χ0v) is 35.2. The molecule has 13 heteroatoms. The number of nitrogens with one attached hydrogen (secondary N) is 4. The molecule has 4 rings (SSSR count). The minimum absolute atomic E-state index is 0.0527. The fraction of sp³-hybridized carbons (Fsp3) is 0.610. The third-order valence-electron chi connectivity index (χ3n) is 9.01. The topological polar surface area (TPSA) is 185 Å². The number of aliphatic hydroxyl groups is 2.